The third kappa shape index (κ3) is 9.34. The van der Waals surface area contributed by atoms with Crippen LogP contribution in [0.25, 0.3) is 34.5 Å². The van der Waals surface area contributed by atoms with Crippen LogP contribution in [0.5, 0.6) is 0 Å². The van der Waals surface area contributed by atoms with Crippen molar-refractivity contribution >= 4 is 72.8 Å². The Balaban J connectivity index is 0.952. The summed E-state index contributed by atoms with van der Waals surface area (Å²) in [6.07, 6.45) is 6.34. The summed E-state index contributed by atoms with van der Waals surface area (Å²) in [6, 6.07) is 69.9. The van der Waals surface area contributed by atoms with Crippen molar-refractivity contribution in [2.24, 2.45) is 0 Å². The summed E-state index contributed by atoms with van der Waals surface area (Å²) in [7, 11) is -2.96. The van der Waals surface area contributed by atoms with Crippen LogP contribution in [0.15, 0.2) is 200 Å². The fourth-order valence-electron chi connectivity index (χ4n) is 7.51. The molecule has 0 unspecified atom stereocenters. The Hall–Kier alpha value is -6.54. The molecule has 3 nitrogen and oxygen atoms in total. The van der Waals surface area contributed by atoms with Crippen LogP contribution in [-0.2, 0) is 0 Å². The van der Waals surface area contributed by atoms with Gasteiger partial charge in [0, 0.05) is 34.0 Å². The van der Waals surface area contributed by atoms with Gasteiger partial charge in [-0.1, -0.05) is 183 Å². The van der Waals surface area contributed by atoms with E-state index in [2.05, 4.69) is 255 Å². The van der Waals surface area contributed by atoms with Crippen LogP contribution >= 0.6 is 0 Å². The first-order valence-electron chi connectivity index (χ1n) is 20.9. The predicted octanol–water partition coefficient (Wildman–Crippen LogP) is 14.6. The summed E-state index contributed by atoms with van der Waals surface area (Å²) in [5.74, 6) is 0. The SMILES string of the molecule is C[Si](C)(C)c1cccc(N(c2ccccc2)c2ccc(-c3ccc(C=Cc4ccc(-c5ccc(N(c6ccccc6)c6cccc([Si](C)(C)C)c6)cn5)cc4)cc3)cc2)c1. The maximum Gasteiger partial charge on any atom is 0.0776 e. The van der Waals surface area contributed by atoms with Gasteiger partial charge in [0.05, 0.1) is 33.7 Å². The van der Waals surface area contributed by atoms with Crippen LogP contribution in [-0.4, -0.2) is 21.1 Å². The number of hydrogen-bond donors (Lipinski definition) is 0. The van der Waals surface area contributed by atoms with Crippen LogP contribution in [0.1, 0.15) is 11.1 Å². The molecule has 0 aliphatic heterocycles. The first kappa shape index (κ1) is 40.3. The highest BCUT2D eigenvalue weighted by Gasteiger charge is 2.21. The van der Waals surface area contributed by atoms with E-state index in [1.54, 1.807) is 0 Å². The zero-order valence-corrected chi connectivity index (χ0v) is 37.5. The van der Waals surface area contributed by atoms with Gasteiger partial charge in [-0.05, 0) is 95.1 Å². The van der Waals surface area contributed by atoms with Crippen molar-refractivity contribution in [2.75, 3.05) is 9.80 Å². The molecule has 0 N–H and O–H groups in total. The third-order valence-electron chi connectivity index (χ3n) is 11.0. The fourth-order valence-corrected chi connectivity index (χ4v) is 9.86. The van der Waals surface area contributed by atoms with E-state index in [0.717, 1.165) is 50.8 Å². The lowest BCUT2D eigenvalue weighted by atomic mass is 10.0. The topological polar surface area (TPSA) is 19.4 Å². The first-order chi connectivity index (χ1) is 29.0. The lowest BCUT2D eigenvalue weighted by Gasteiger charge is -2.27. The highest BCUT2D eigenvalue weighted by Crippen LogP contribution is 2.37. The molecule has 8 aromatic rings. The Kier molecular flexibility index (Phi) is 11.6. The monoisotopic (exact) mass is 811 g/mol. The first-order valence-corrected chi connectivity index (χ1v) is 27.9. The number of rotatable bonds is 12. The van der Waals surface area contributed by atoms with Crippen LogP contribution in [0, 0.1) is 0 Å². The maximum atomic E-state index is 4.95. The Bertz CT molecular complexity index is 2490. The number of aromatic nitrogens is 1. The van der Waals surface area contributed by atoms with Crippen molar-refractivity contribution in [3.63, 3.8) is 0 Å². The van der Waals surface area contributed by atoms with Crippen LogP contribution in [0.3, 0.4) is 0 Å². The molecule has 296 valence electrons. The lowest BCUT2D eigenvalue weighted by Crippen LogP contribution is -2.37. The molecule has 0 atom stereocenters. The van der Waals surface area contributed by atoms with Gasteiger partial charge in [-0.15, -0.1) is 0 Å². The molecule has 0 spiro atoms. The normalized spacial score (nSPS) is 11.8. The zero-order valence-electron chi connectivity index (χ0n) is 35.5. The quantitative estimate of drug-likeness (QED) is 0.0905. The Labute approximate surface area is 359 Å². The molecule has 0 fully saturated rings. The van der Waals surface area contributed by atoms with Gasteiger partial charge in [-0.3, -0.25) is 4.98 Å². The van der Waals surface area contributed by atoms with E-state index < -0.39 is 16.1 Å². The van der Waals surface area contributed by atoms with Crippen molar-refractivity contribution in [1.29, 1.82) is 0 Å². The van der Waals surface area contributed by atoms with Gasteiger partial charge >= 0.3 is 0 Å². The number of hydrogen-bond acceptors (Lipinski definition) is 3. The van der Waals surface area contributed by atoms with Gasteiger partial charge in [0.1, 0.15) is 0 Å². The smallest absolute Gasteiger partial charge is 0.0776 e. The van der Waals surface area contributed by atoms with E-state index in [9.17, 15) is 0 Å². The molecule has 1 heterocycles. The minimum Gasteiger partial charge on any atom is -0.311 e. The summed E-state index contributed by atoms with van der Waals surface area (Å²) in [4.78, 5) is 9.60. The van der Waals surface area contributed by atoms with Gasteiger partial charge in [-0.2, -0.15) is 0 Å². The molecule has 0 saturated carbocycles. The van der Waals surface area contributed by atoms with Gasteiger partial charge in [0.2, 0.25) is 0 Å². The van der Waals surface area contributed by atoms with Gasteiger partial charge in [-0.25, -0.2) is 0 Å². The van der Waals surface area contributed by atoms with Gasteiger partial charge in [0.15, 0.2) is 0 Å². The molecule has 0 amide bonds. The molecule has 1 aromatic heterocycles. The number of anilines is 6. The average Bonchev–Trinajstić information content (AvgIpc) is 3.27. The minimum absolute atomic E-state index is 0.950. The average molecular weight is 812 g/mol. The molecule has 0 saturated heterocycles. The Morgan fingerprint density at radius 2 is 0.733 bits per heavy atom. The molecule has 0 aliphatic rings. The number of pyridine rings is 1. The van der Waals surface area contributed by atoms with Crippen molar-refractivity contribution in [3.8, 4) is 22.4 Å². The van der Waals surface area contributed by atoms with Crippen molar-refractivity contribution in [1.82, 2.24) is 4.98 Å². The summed E-state index contributed by atoms with van der Waals surface area (Å²) in [5, 5.41) is 2.89. The molecule has 60 heavy (non-hydrogen) atoms. The highest BCUT2D eigenvalue weighted by molar-refractivity contribution is 6.89. The van der Waals surface area contributed by atoms with Gasteiger partial charge in [0.25, 0.3) is 0 Å². The summed E-state index contributed by atoms with van der Waals surface area (Å²) in [5.41, 5.74) is 13.5. The summed E-state index contributed by atoms with van der Waals surface area (Å²) in [6.45, 7) is 14.4. The zero-order chi connectivity index (χ0) is 41.7. The molecule has 0 radical (unpaired) electrons. The lowest BCUT2D eigenvalue weighted by molar-refractivity contribution is 1.23. The van der Waals surface area contributed by atoms with Crippen LogP contribution in [0.2, 0.25) is 39.3 Å². The van der Waals surface area contributed by atoms with E-state index in [4.69, 9.17) is 4.98 Å². The molecular formula is C55H53N3Si2. The maximum absolute atomic E-state index is 4.95. The largest absolute Gasteiger partial charge is 0.311 e. The fraction of sp³-hybridized carbons (Fsp3) is 0.109. The van der Waals surface area contributed by atoms with E-state index in [0.29, 0.717) is 0 Å². The second kappa shape index (κ2) is 17.4. The third-order valence-corrected chi connectivity index (χ3v) is 15.1. The summed E-state index contributed by atoms with van der Waals surface area (Å²) >= 11 is 0. The molecule has 8 rings (SSSR count). The second-order valence-electron chi connectivity index (χ2n) is 17.5. The number of nitrogens with zero attached hydrogens (tertiary/aromatic N) is 3. The van der Waals surface area contributed by atoms with Crippen molar-refractivity contribution < 1.29 is 0 Å². The van der Waals surface area contributed by atoms with Crippen LogP contribution in [0.4, 0.5) is 34.1 Å². The van der Waals surface area contributed by atoms with E-state index in [1.807, 2.05) is 6.20 Å². The van der Waals surface area contributed by atoms with Gasteiger partial charge < -0.3 is 9.80 Å². The van der Waals surface area contributed by atoms with E-state index in [-0.39, 0.29) is 0 Å². The van der Waals surface area contributed by atoms with E-state index in [1.165, 1.54) is 27.2 Å². The molecular weight excluding hydrogens is 759 g/mol. The molecule has 0 bridgehead atoms. The molecule has 0 aliphatic carbocycles. The Morgan fingerprint density at radius 1 is 0.350 bits per heavy atom. The second-order valence-corrected chi connectivity index (χ2v) is 27.6. The van der Waals surface area contributed by atoms with E-state index >= 15 is 0 Å². The molecule has 5 heteroatoms. The minimum atomic E-state index is -1.49. The molecule has 7 aromatic carbocycles. The Morgan fingerprint density at radius 3 is 1.17 bits per heavy atom. The van der Waals surface area contributed by atoms with Crippen molar-refractivity contribution in [2.45, 2.75) is 39.3 Å². The predicted molar refractivity (Wildman–Crippen MR) is 266 cm³/mol. The van der Waals surface area contributed by atoms with Crippen LogP contribution < -0.4 is 20.2 Å². The summed E-state index contributed by atoms with van der Waals surface area (Å²) < 4.78 is 0. The standard InChI is InChI=1S/C55H53N3Si2/c1-59(2,3)53-21-13-19-50(39-53)57(47-15-9-7-10-16-47)49-35-33-45(34-36-49)44-29-25-42(26-30-44)23-24-43-27-31-46(32-28-43)55-38-37-52(41-56-55)58(48-17-11-8-12-18-48)51-20-14-22-54(40-51)60(4,5)6/h7-41H,1-6H3. The van der Waals surface area contributed by atoms with Crippen molar-refractivity contribution in [3.05, 3.63) is 211 Å². The number of benzene rings is 7. The number of para-hydroxylation sites is 2. The highest BCUT2D eigenvalue weighted by atomic mass is 28.3.